The molecule has 104 valence electrons. The summed E-state index contributed by atoms with van der Waals surface area (Å²) in [5, 5.41) is 15.6. The maximum Gasteiger partial charge on any atom is 0.209 e. The molecule has 6 nitrogen and oxygen atoms in total. The molecule has 1 N–H and O–H groups in total. The summed E-state index contributed by atoms with van der Waals surface area (Å²) in [4.78, 5) is 8.83. The van der Waals surface area contributed by atoms with Gasteiger partial charge in [-0.05, 0) is 12.1 Å². The van der Waals surface area contributed by atoms with Gasteiger partial charge in [-0.25, -0.2) is 14.5 Å². The Balaban J connectivity index is 1.89. The van der Waals surface area contributed by atoms with Gasteiger partial charge >= 0.3 is 0 Å². The van der Waals surface area contributed by atoms with E-state index in [1.807, 2.05) is 24.3 Å². The molecule has 0 radical (unpaired) electrons. The van der Waals surface area contributed by atoms with E-state index < -0.39 is 6.10 Å². The number of methoxy groups -OCH3 is 1. The fraction of sp³-hybridized carbons (Fsp3) is 0.308. The topological polar surface area (TPSA) is 72.5 Å². The fourth-order valence-electron chi connectivity index (χ4n) is 1.93. The Hall–Kier alpha value is -1.70. The lowest BCUT2D eigenvalue weighted by Crippen LogP contribution is -2.16. The molecule has 0 fully saturated rings. The first-order valence-electron chi connectivity index (χ1n) is 6.18. The van der Waals surface area contributed by atoms with E-state index in [-0.39, 0.29) is 0 Å². The zero-order valence-electron chi connectivity index (χ0n) is 10.9. The van der Waals surface area contributed by atoms with E-state index in [0.717, 1.165) is 16.6 Å². The second-order valence-electron chi connectivity index (χ2n) is 4.34. The van der Waals surface area contributed by atoms with Crippen molar-refractivity contribution in [1.29, 1.82) is 0 Å². The zero-order valence-corrected chi connectivity index (χ0v) is 11.7. The highest BCUT2D eigenvalue weighted by molar-refractivity contribution is 7.99. The fourth-order valence-corrected chi connectivity index (χ4v) is 2.67. The van der Waals surface area contributed by atoms with Gasteiger partial charge in [0, 0.05) is 18.2 Å². The van der Waals surface area contributed by atoms with Gasteiger partial charge in [-0.15, -0.1) is 5.10 Å². The largest absolute Gasteiger partial charge is 0.390 e. The van der Waals surface area contributed by atoms with Gasteiger partial charge in [-0.2, -0.15) is 0 Å². The molecule has 3 aromatic rings. The van der Waals surface area contributed by atoms with Crippen molar-refractivity contribution in [3.63, 3.8) is 0 Å². The van der Waals surface area contributed by atoms with Gasteiger partial charge < -0.3 is 9.84 Å². The summed E-state index contributed by atoms with van der Waals surface area (Å²) in [6.07, 6.45) is 1.13. The van der Waals surface area contributed by atoms with Crippen LogP contribution in [0.25, 0.3) is 16.6 Å². The first-order valence-corrected chi connectivity index (χ1v) is 7.16. The minimum atomic E-state index is -0.522. The molecule has 1 atom stereocenters. The molecule has 0 spiro atoms. The number of rotatable bonds is 5. The van der Waals surface area contributed by atoms with E-state index in [1.54, 1.807) is 18.0 Å². The van der Waals surface area contributed by atoms with Crippen LogP contribution in [0.15, 0.2) is 35.7 Å². The number of aliphatic hydroxyl groups is 1. The molecule has 2 aromatic heterocycles. The van der Waals surface area contributed by atoms with Crippen LogP contribution in [0.1, 0.15) is 0 Å². The molecule has 0 aliphatic carbocycles. The highest BCUT2D eigenvalue weighted by atomic mass is 32.2. The molecule has 0 unspecified atom stereocenters. The van der Waals surface area contributed by atoms with Crippen LogP contribution in [0.4, 0.5) is 0 Å². The lowest BCUT2D eigenvalue weighted by Gasteiger charge is -2.05. The van der Waals surface area contributed by atoms with Crippen LogP contribution in [0.2, 0.25) is 0 Å². The number of para-hydroxylation sites is 1. The maximum atomic E-state index is 9.64. The monoisotopic (exact) mass is 290 g/mol. The SMILES string of the molecule is COC[C@H](O)CSc1nc2c3ccccc3ncn2n1. The summed E-state index contributed by atoms with van der Waals surface area (Å²) in [5.74, 6) is 0.496. The molecule has 0 saturated heterocycles. The number of thioether (sulfide) groups is 1. The number of nitrogens with zero attached hydrogens (tertiary/aromatic N) is 4. The number of benzene rings is 1. The minimum absolute atomic E-state index is 0.310. The van der Waals surface area contributed by atoms with Crippen LogP contribution in [-0.4, -0.2) is 50.3 Å². The summed E-state index contributed by atoms with van der Waals surface area (Å²) in [5.41, 5.74) is 1.67. The Morgan fingerprint density at radius 1 is 1.40 bits per heavy atom. The van der Waals surface area contributed by atoms with E-state index in [2.05, 4.69) is 15.1 Å². The highest BCUT2D eigenvalue weighted by Crippen LogP contribution is 2.20. The lowest BCUT2D eigenvalue weighted by atomic mass is 10.2. The summed E-state index contributed by atoms with van der Waals surface area (Å²) >= 11 is 1.40. The van der Waals surface area contributed by atoms with Crippen LogP contribution >= 0.6 is 11.8 Å². The molecular formula is C13H14N4O2S. The van der Waals surface area contributed by atoms with Gasteiger partial charge in [0.05, 0.1) is 18.2 Å². The van der Waals surface area contributed by atoms with E-state index in [0.29, 0.717) is 17.5 Å². The number of fused-ring (bicyclic) bond motifs is 3. The number of hydrogen-bond acceptors (Lipinski definition) is 6. The highest BCUT2D eigenvalue weighted by Gasteiger charge is 2.10. The van der Waals surface area contributed by atoms with Gasteiger partial charge in [-0.3, -0.25) is 0 Å². The molecule has 1 aromatic carbocycles. The average Bonchev–Trinajstić information content (AvgIpc) is 2.89. The van der Waals surface area contributed by atoms with Crippen LogP contribution in [0.5, 0.6) is 0 Å². The molecule has 0 bridgehead atoms. The van der Waals surface area contributed by atoms with Gasteiger partial charge in [0.1, 0.15) is 6.33 Å². The third-order valence-corrected chi connectivity index (χ3v) is 3.81. The van der Waals surface area contributed by atoms with Crippen molar-refractivity contribution >= 4 is 28.3 Å². The number of hydrogen-bond donors (Lipinski definition) is 1. The van der Waals surface area contributed by atoms with Gasteiger partial charge in [0.25, 0.3) is 0 Å². The molecule has 0 aliphatic heterocycles. The quantitative estimate of drug-likeness (QED) is 0.716. The minimum Gasteiger partial charge on any atom is -0.390 e. The van der Waals surface area contributed by atoms with Crippen molar-refractivity contribution in [3.8, 4) is 0 Å². The number of ether oxygens (including phenoxy) is 1. The van der Waals surface area contributed by atoms with Crippen molar-refractivity contribution in [2.24, 2.45) is 0 Å². The first kappa shape index (κ1) is 13.3. The van der Waals surface area contributed by atoms with E-state index in [4.69, 9.17) is 4.74 Å². The summed E-state index contributed by atoms with van der Waals surface area (Å²) < 4.78 is 6.55. The molecule has 3 rings (SSSR count). The van der Waals surface area contributed by atoms with Crippen LogP contribution in [0, 0.1) is 0 Å². The van der Waals surface area contributed by atoms with Crippen molar-refractivity contribution in [2.75, 3.05) is 19.5 Å². The second kappa shape index (κ2) is 5.74. The number of aromatic nitrogens is 4. The third kappa shape index (κ3) is 2.60. The Labute approximate surface area is 119 Å². The molecule has 7 heteroatoms. The first-order chi connectivity index (χ1) is 9.78. The lowest BCUT2D eigenvalue weighted by molar-refractivity contribution is 0.0794. The van der Waals surface area contributed by atoms with Crippen LogP contribution in [0.3, 0.4) is 0 Å². The Bertz CT molecular complexity index is 731. The van der Waals surface area contributed by atoms with E-state index in [9.17, 15) is 5.11 Å². The predicted molar refractivity (Wildman–Crippen MR) is 76.9 cm³/mol. The second-order valence-corrected chi connectivity index (χ2v) is 5.33. The summed E-state index contributed by atoms with van der Waals surface area (Å²) in [6, 6.07) is 7.81. The van der Waals surface area contributed by atoms with Crippen LogP contribution < -0.4 is 0 Å². The normalized spacial score (nSPS) is 13.1. The Morgan fingerprint density at radius 3 is 3.10 bits per heavy atom. The van der Waals surface area contributed by atoms with Gasteiger partial charge in [-0.1, -0.05) is 23.9 Å². The number of aliphatic hydroxyl groups excluding tert-OH is 1. The Morgan fingerprint density at radius 2 is 2.25 bits per heavy atom. The van der Waals surface area contributed by atoms with Crippen molar-refractivity contribution in [2.45, 2.75) is 11.3 Å². The van der Waals surface area contributed by atoms with Crippen molar-refractivity contribution < 1.29 is 9.84 Å². The molecule has 20 heavy (non-hydrogen) atoms. The molecular weight excluding hydrogens is 276 g/mol. The average molecular weight is 290 g/mol. The molecule has 0 aliphatic rings. The third-order valence-electron chi connectivity index (χ3n) is 2.83. The smallest absolute Gasteiger partial charge is 0.209 e. The van der Waals surface area contributed by atoms with Crippen molar-refractivity contribution in [1.82, 2.24) is 19.6 Å². The Kier molecular flexibility index (Phi) is 3.81. The summed E-state index contributed by atoms with van der Waals surface area (Å²) in [7, 11) is 1.56. The zero-order chi connectivity index (χ0) is 13.9. The van der Waals surface area contributed by atoms with Crippen LogP contribution in [-0.2, 0) is 4.74 Å². The van der Waals surface area contributed by atoms with E-state index in [1.165, 1.54) is 11.8 Å². The predicted octanol–water partition coefficient (Wildman–Crippen LogP) is 1.38. The standard InChI is InChI=1S/C13H14N4O2S/c1-19-6-9(18)7-20-13-15-12-10-4-2-3-5-11(10)14-8-17(12)16-13/h2-5,8-9,18H,6-7H2,1H3/t9-/m0/s1. The molecule has 0 amide bonds. The van der Waals surface area contributed by atoms with Gasteiger partial charge in [0.15, 0.2) is 5.65 Å². The van der Waals surface area contributed by atoms with Crippen molar-refractivity contribution in [3.05, 3.63) is 30.6 Å². The van der Waals surface area contributed by atoms with Gasteiger partial charge in [0.2, 0.25) is 5.16 Å². The molecule has 2 heterocycles. The summed E-state index contributed by atoms with van der Waals surface area (Å²) in [6.45, 7) is 0.310. The maximum absolute atomic E-state index is 9.64. The molecule has 0 saturated carbocycles. The van der Waals surface area contributed by atoms with E-state index >= 15 is 0 Å².